The maximum absolute atomic E-state index is 12.7. The van der Waals surface area contributed by atoms with Gasteiger partial charge in [0.2, 0.25) is 5.91 Å². The van der Waals surface area contributed by atoms with Crippen LogP contribution in [0.25, 0.3) is 0 Å². The van der Waals surface area contributed by atoms with E-state index in [0.717, 1.165) is 0 Å². The van der Waals surface area contributed by atoms with Crippen LogP contribution in [0.3, 0.4) is 0 Å². The first-order valence-electron chi connectivity index (χ1n) is 9.79. The van der Waals surface area contributed by atoms with Gasteiger partial charge in [0.15, 0.2) is 0 Å². The summed E-state index contributed by atoms with van der Waals surface area (Å²) in [7, 11) is 0. The van der Waals surface area contributed by atoms with E-state index in [1.807, 2.05) is 0 Å². The summed E-state index contributed by atoms with van der Waals surface area (Å²) in [6.45, 7) is 0.959. The Labute approximate surface area is 157 Å². The molecule has 3 aliphatic rings. The topological polar surface area (TPSA) is 71.0 Å². The van der Waals surface area contributed by atoms with Crippen LogP contribution in [0.4, 0.5) is 13.2 Å². The Balaban J connectivity index is 1.54. The van der Waals surface area contributed by atoms with Gasteiger partial charge in [0.05, 0.1) is 44.4 Å². The summed E-state index contributed by atoms with van der Waals surface area (Å²) in [5.41, 5.74) is 0. The zero-order chi connectivity index (χ0) is 19.4. The van der Waals surface area contributed by atoms with Gasteiger partial charge in [0.1, 0.15) is 0 Å². The Bertz CT molecular complexity index is 501. The molecule has 156 valence electrons. The molecule has 0 aromatic rings. The quantitative estimate of drug-likeness (QED) is 0.714. The van der Waals surface area contributed by atoms with Crippen LogP contribution >= 0.6 is 0 Å². The van der Waals surface area contributed by atoms with E-state index in [4.69, 9.17) is 9.47 Å². The molecule has 0 aromatic carbocycles. The first kappa shape index (κ1) is 20.8. The number of aliphatic hydroxyl groups excluding tert-OH is 1. The van der Waals surface area contributed by atoms with Gasteiger partial charge in [-0.1, -0.05) is 0 Å². The van der Waals surface area contributed by atoms with Crippen LogP contribution in [0.15, 0.2) is 0 Å². The number of hydrogen-bond acceptors (Lipinski definition) is 5. The third kappa shape index (κ3) is 6.89. The highest BCUT2D eigenvalue weighted by Crippen LogP contribution is 2.30. The van der Waals surface area contributed by atoms with Crippen molar-refractivity contribution in [2.75, 3.05) is 32.8 Å². The maximum atomic E-state index is 12.7. The number of ether oxygens (including phenoxy) is 2. The summed E-state index contributed by atoms with van der Waals surface area (Å²) in [6.07, 6.45) is -2.78. The van der Waals surface area contributed by atoms with Crippen molar-refractivity contribution in [2.45, 2.75) is 69.1 Å². The SMILES string of the molecule is O=C(C[C@H]1CC[C@@H]2[C@H](COC[C@H](O)CN2CCC(F)(F)F)O1)NCC1CC1. The molecule has 3 rings (SSSR count). The minimum atomic E-state index is -4.24. The summed E-state index contributed by atoms with van der Waals surface area (Å²) in [6, 6.07) is -0.243. The molecule has 1 saturated carbocycles. The van der Waals surface area contributed by atoms with Crippen molar-refractivity contribution in [1.82, 2.24) is 10.2 Å². The van der Waals surface area contributed by atoms with Crippen LogP contribution in [-0.2, 0) is 14.3 Å². The Morgan fingerprint density at radius 2 is 1.96 bits per heavy atom. The molecule has 0 bridgehead atoms. The largest absolute Gasteiger partial charge is 0.390 e. The van der Waals surface area contributed by atoms with E-state index in [1.165, 1.54) is 12.8 Å². The predicted molar refractivity (Wildman–Crippen MR) is 91.1 cm³/mol. The van der Waals surface area contributed by atoms with Crippen molar-refractivity contribution < 1.29 is 32.5 Å². The zero-order valence-electron chi connectivity index (χ0n) is 15.4. The lowest BCUT2D eigenvalue weighted by atomic mass is 9.94. The van der Waals surface area contributed by atoms with Crippen molar-refractivity contribution in [3.8, 4) is 0 Å². The summed E-state index contributed by atoms with van der Waals surface area (Å²) < 4.78 is 49.5. The minimum absolute atomic E-state index is 0.0403. The van der Waals surface area contributed by atoms with Gasteiger partial charge in [-0.3, -0.25) is 9.69 Å². The molecule has 2 N–H and O–H groups in total. The fraction of sp³-hybridized carbons (Fsp3) is 0.944. The van der Waals surface area contributed by atoms with E-state index in [0.29, 0.717) is 25.3 Å². The molecule has 0 spiro atoms. The third-order valence-corrected chi connectivity index (χ3v) is 5.47. The van der Waals surface area contributed by atoms with Gasteiger partial charge in [-0.2, -0.15) is 13.2 Å². The lowest BCUT2D eigenvalue weighted by Gasteiger charge is -2.44. The average Bonchev–Trinajstić information content (AvgIpc) is 3.39. The molecule has 6 nitrogen and oxygen atoms in total. The van der Waals surface area contributed by atoms with Gasteiger partial charge in [-0.25, -0.2) is 0 Å². The number of β-amino-alcohol motifs (C(OH)–C–C–N with tert-alkyl or cyclic N) is 1. The fourth-order valence-corrected chi connectivity index (χ4v) is 3.83. The Kier molecular flexibility index (Phi) is 6.99. The first-order valence-corrected chi connectivity index (χ1v) is 9.79. The molecule has 3 fully saturated rings. The minimum Gasteiger partial charge on any atom is -0.389 e. The normalized spacial score (nSPS) is 33.0. The van der Waals surface area contributed by atoms with E-state index in [9.17, 15) is 23.1 Å². The summed E-state index contributed by atoms with van der Waals surface area (Å²) >= 11 is 0. The molecule has 0 aromatic heterocycles. The summed E-state index contributed by atoms with van der Waals surface area (Å²) in [4.78, 5) is 13.7. The summed E-state index contributed by atoms with van der Waals surface area (Å²) in [5.74, 6) is 0.569. The second-order valence-corrected chi connectivity index (χ2v) is 7.94. The standard InChI is InChI=1S/C18H29F3N2O4/c19-18(20,21)5-6-23-9-13(24)10-26-11-16-15(23)4-3-14(27-16)7-17(25)22-8-12-1-2-12/h12-16,24H,1-11H2,(H,22,25)/t13-,14-,15-,16+/m1/s1. The number of nitrogens with zero attached hydrogens (tertiary/aromatic N) is 1. The molecule has 1 aliphatic carbocycles. The van der Waals surface area contributed by atoms with E-state index in [2.05, 4.69) is 5.32 Å². The highest BCUT2D eigenvalue weighted by molar-refractivity contribution is 5.76. The van der Waals surface area contributed by atoms with Crippen LogP contribution in [0.5, 0.6) is 0 Å². The number of hydrogen-bond donors (Lipinski definition) is 2. The van der Waals surface area contributed by atoms with Crippen molar-refractivity contribution in [3.63, 3.8) is 0 Å². The van der Waals surface area contributed by atoms with Crippen LogP contribution in [0, 0.1) is 5.92 Å². The van der Waals surface area contributed by atoms with Crippen molar-refractivity contribution in [1.29, 1.82) is 0 Å². The van der Waals surface area contributed by atoms with E-state index >= 15 is 0 Å². The highest BCUT2D eigenvalue weighted by Gasteiger charge is 2.39. The Morgan fingerprint density at radius 1 is 1.19 bits per heavy atom. The van der Waals surface area contributed by atoms with Gasteiger partial charge < -0.3 is 19.9 Å². The molecule has 2 saturated heterocycles. The highest BCUT2D eigenvalue weighted by atomic mass is 19.4. The molecule has 2 aliphatic heterocycles. The zero-order valence-corrected chi connectivity index (χ0v) is 15.4. The number of carbonyl (C=O) groups is 1. The molecule has 2 heterocycles. The van der Waals surface area contributed by atoms with Gasteiger partial charge in [-0.05, 0) is 31.6 Å². The van der Waals surface area contributed by atoms with E-state index in [-0.39, 0.29) is 56.9 Å². The smallest absolute Gasteiger partial charge is 0.389 e. The first-order chi connectivity index (χ1) is 12.8. The molecular formula is C18H29F3N2O4. The number of rotatable bonds is 6. The monoisotopic (exact) mass is 394 g/mol. The Morgan fingerprint density at radius 3 is 2.67 bits per heavy atom. The average molecular weight is 394 g/mol. The molecule has 0 unspecified atom stereocenters. The predicted octanol–water partition coefficient (Wildman–Crippen LogP) is 1.46. The van der Waals surface area contributed by atoms with Crippen molar-refractivity contribution in [3.05, 3.63) is 0 Å². The third-order valence-electron chi connectivity index (χ3n) is 5.47. The number of carbonyl (C=O) groups excluding carboxylic acids is 1. The molecule has 9 heteroatoms. The molecule has 1 amide bonds. The number of alkyl halides is 3. The molecule has 4 atom stereocenters. The number of halogens is 3. The maximum Gasteiger partial charge on any atom is 0.390 e. The van der Waals surface area contributed by atoms with Gasteiger partial charge in [0, 0.05) is 25.7 Å². The van der Waals surface area contributed by atoms with Crippen molar-refractivity contribution >= 4 is 5.91 Å². The number of aliphatic hydroxyl groups is 1. The van der Waals surface area contributed by atoms with Crippen LogP contribution in [0.2, 0.25) is 0 Å². The van der Waals surface area contributed by atoms with Gasteiger partial charge >= 0.3 is 6.18 Å². The molecular weight excluding hydrogens is 365 g/mol. The second-order valence-electron chi connectivity index (χ2n) is 7.94. The van der Waals surface area contributed by atoms with Crippen LogP contribution in [-0.4, -0.2) is 79.3 Å². The number of fused-ring (bicyclic) bond motifs is 1. The lowest BCUT2D eigenvalue weighted by Crippen LogP contribution is -2.56. The van der Waals surface area contributed by atoms with Crippen LogP contribution < -0.4 is 5.32 Å². The molecule has 27 heavy (non-hydrogen) atoms. The van der Waals surface area contributed by atoms with E-state index < -0.39 is 18.7 Å². The van der Waals surface area contributed by atoms with Gasteiger partial charge in [-0.15, -0.1) is 0 Å². The van der Waals surface area contributed by atoms with Crippen molar-refractivity contribution in [2.24, 2.45) is 5.92 Å². The lowest BCUT2D eigenvalue weighted by molar-refractivity contribution is -0.169. The summed E-state index contributed by atoms with van der Waals surface area (Å²) in [5, 5.41) is 12.9. The second kappa shape index (κ2) is 9.07. The molecule has 0 radical (unpaired) electrons. The number of nitrogens with one attached hydrogen (secondary N) is 1. The van der Waals surface area contributed by atoms with E-state index in [1.54, 1.807) is 4.90 Å². The Hall–Kier alpha value is -0.900. The number of amides is 1. The van der Waals surface area contributed by atoms with Gasteiger partial charge in [0.25, 0.3) is 0 Å². The van der Waals surface area contributed by atoms with Crippen LogP contribution in [0.1, 0.15) is 38.5 Å². The fourth-order valence-electron chi connectivity index (χ4n) is 3.83.